The van der Waals surface area contributed by atoms with Crippen molar-refractivity contribution in [2.24, 2.45) is 0 Å². The third kappa shape index (κ3) is 2.44. The van der Waals surface area contributed by atoms with Gasteiger partial charge >= 0.3 is 0 Å². The highest BCUT2D eigenvalue weighted by Gasteiger charge is 2.34. The van der Waals surface area contributed by atoms with Gasteiger partial charge in [0.15, 0.2) is 5.82 Å². The van der Waals surface area contributed by atoms with Crippen LogP contribution in [0.25, 0.3) is 5.65 Å². The van der Waals surface area contributed by atoms with Crippen LogP contribution < -0.4 is 4.90 Å². The second-order valence-corrected chi connectivity index (χ2v) is 5.99. The van der Waals surface area contributed by atoms with E-state index in [1.807, 2.05) is 10.6 Å². The molecule has 102 valence electrons. The van der Waals surface area contributed by atoms with Crippen molar-refractivity contribution in [1.82, 2.24) is 19.6 Å². The Morgan fingerprint density at radius 1 is 1.53 bits per heavy atom. The second-order valence-electron chi connectivity index (χ2n) is 5.35. The zero-order chi connectivity index (χ0) is 13.5. The molecule has 0 bridgehead atoms. The number of halogens is 1. The number of anilines is 1. The maximum Gasteiger partial charge on any atom is 0.203 e. The minimum Gasteiger partial charge on any atom is -0.368 e. The van der Waals surface area contributed by atoms with Crippen molar-refractivity contribution in [3.05, 3.63) is 18.7 Å². The molecule has 1 aliphatic rings. The number of rotatable bonds is 2. The summed E-state index contributed by atoms with van der Waals surface area (Å²) in [6, 6.07) is 0. The Bertz CT molecular complexity index is 584. The summed E-state index contributed by atoms with van der Waals surface area (Å²) in [6.07, 6.45) is 5.46. The van der Waals surface area contributed by atoms with Crippen molar-refractivity contribution in [2.45, 2.75) is 25.6 Å². The minimum atomic E-state index is -0.203. The van der Waals surface area contributed by atoms with E-state index in [-0.39, 0.29) is 11.7 Å². The van der Waals surface area contributed by atoms with E-state index in [1.54, 1.807) is 12.5 Å². The van der Waals surface area contributed by atoms with Crippen LogP contribution in [-0.4, -0.2) is 49.7 Å². The van der Waals surface area contributed by atoms with Crippen molar-refractivity contribution in [1.29, 1.82) is 0 Å². The molecule has 1 atom stereocenters. The number of aromatic nitrogens is 4. The van der Waals surface area contributed by atoms with Gasteiger partial charge in [0.2, 0.25) is 5.65 Å². The number of fused-ring (bicyclic) bond motifs is 1. The summed E-state index contributed by atoms with van der Waals surface area (Å²) in [6.45, 7) is 5.78. The zero-order valence-electron chi connectivity index (χ0n) is 11.0. The predicted molar refractivity (Wildman–Crippen MR) is 75.7 cm³/mol. The highest BCUT2D eigenvalue weighted by atomic mass is 79.9. The van der Waals surface area contributed by atoms with Gasteiger partial charge in [0, 0.05) is 30.8 Å². The van der Waals surface area contributed by atoms with Crippen molar-refractivity contribution in [3.8, 4) is 0 Å². The molecule has 0 radical (unpaired) electrons. The van der Waals surface area contributed by atoms with Crippen LogP contribution in [0.1, 0.15) is 13.8 Å². The van der Waals surface area contributed by atoms with Crippen molar-refractivity contribution in [2.75, 3.05) is 23.3 Å². The molecule has 0 amide bonds. The maximum atomic E-state index is 6.01. The molecule has 2 aromatic heterocycles. The van der Waals surface area contributed by atoms with Crippen LogP contribution in [0, 0.1) is 0 Å². The largest absolute Gasteiger partial charge is 0.368 e. The molecule has 0 spiro atoms. The summed E-state index contributed by atoms with van der Waals surface area (Å²) in [5.74, 6) is 0.863. The third-order valence-electron chi connectivity index (χ3n) is 3.15. The quantitative estimate of drug-likeness (QED) is 0.783. The summed E-state index contributed by atoms with van der Waals surface area (Å²) in [5, 5.41) is 8.90. The summed E-state index contributed by atoms with van der Waals surface area (Å²) >= 11 is 3.50. The summed E-state index contributed by atoms with van der Waals surface area (Å²) in [4.78, 5) is 6.69. The zero-order valence-corrected chi connectivity index (χ0v) is 12.5. The number of nitrogens with zero attached hydrogens (tertiary/aromatic N) is 5. The normalized spacial score (nSPS) is 22.9. The lowest BCUT2D eigenvalue weighted by Crippen LogP contribution is -2.53. The molecule has 3 rings (SSSR count). The number of alkyl halides is 1. The minimum absolute atomic E-state index is 0.147. The number of ether oxygens (including phenoxy) is 1. The smallest absolute Gasteiger partial charge is 0.203 e. The van der Waals surface area contributed by atoms with Gasteiger partial charge in [0.25, 0.3) is 0 Å². The first-order valence-electron chi connectivity index (χ1n) is 6.22. The van der Waals surface area contributed by atoms with Crippen LogP contribution in [0.15, 0.2) is 18.7 Å². The monoisotopic (exact) mass is 325 g/mol. The van der Waals surface area contributed by atoms with Gasteiger partial charge in [-0.05, 0) is 13.8 Å². The fourth-order valence-corrected chi connectivity index (χ4v) is 2.84. The molecule has 7 heteroatoms. The molecule has 1 saturated heterocycles. The molecule has 0 saturated carbocycles. The van der Waals surface area contributed by atoms with Crippen molar-refractivity contribution in [3.63, 3.8) is 0 Å². The maximum absolute atomic E-state index is 6.01. The molecule has 1 unspecified atom stereocenters. The fourth-order valence-electron chi connectivity index (χ4n) is 2.51. The van der Waals surface area contributed by atoms with E-state index in [0.29, 0.717) is 0 Å². The van der Waals surface area contributed by atoms with Crippen LogP contribution in [0.2, 0.25) is 0 Å². The van der Waals surface area contributed by atoms with Crippen LogP contribution in [0.3, 0.4) is 0 Å². The van der Waals surface area contributed by atoms with E-state index < -0.39 is 0 Å². The molecule has 0 aliphatic carbocycles. The van der Waals surface area contributed by atoms with Crippen molar-refractivity contribution < 1.29 is 4.74 Å². The van der Waals surface area contributed by atoms with Gasteiger partial charge in [-0.15, -0.1) is 10.2 Å². The highest BCUT2D eigenvalue weighted by Crippen LogP contribution is 2.27. The highest BCUT2D eigenvalue weighted by molar-refractivity contribution is 9.09. The standard InChI is InChI=1S/C12H16BrN5O/c1-12(2)7-18(6-9(5-13)19-12)10-11-16-15-8-17(11)4-3-14-10/h3-4,8-9H,5-7H2,1-2H3. The van der Waals surface area contributed by atoms with Crippen LogP contribution in [0.5, 0.6) is 0 Å². The van der Waals surface area contributed by atoms with Gasteiger partial charge in [-0.2, -0.15) is 0 Å². The lowest BCUT2D eigenvalue weighted by atomic mass is 10.1. The lowest BCUT2D eigenvalue weighted by molar-refractivity contribution is -0.0725. The van der Waals surface area contributed by atoms with Gasteiger partial charge in [-0.1, -0.05) is 15.9 Å². The average molecular weight is 326 g/mol. The van der Waals surface area contributed by atoms with E-state index in [4.69, 9.17) is 4.74 Å². The Morgan fingerprint density at radius 3 is 3.16 bits per heavy atom. The summed E-state index contributed by atoms with van der Waals surface area (Å²) in [5.41, 5.74) is 0.583. The van der Waals surface area contributed by atoms with E-state index in [1.165, 1.54) is 0 Å². The summed E-state index contributed by atoms with van der Waals surface area (Å²) in [7, 11) is 0. The molecule has 0 aromatic carbocycles. The molecular formula is C12H16BrN5O. The van der Waals surface area contributed by atoms with Crippen LogP contribution in [-0.2, 0) is 4.74 Å². The molecule has 0 N–H and O–H groups in total. The molecule has 19 heavy (non-hydrogen) atoms. The second kappa shape index (κ2) is 4.72. The molecule has 1 fully saturated rings. The Hall–Kier alpha value is -1.21. The van der Waals surface area contributed by atoms with E-state index in [2.05, 4.69) is 49.9 Å². The molecule has 6 nitrogen and oxygen atoms in total. The first kappa shape index (κ1) is 12.8. The molecule has 1 aliphatic heterocycles. The van der Waals surface area contributed by atoms with Gasteiger partial charge in [-0.25, -0.2) is 4.98 Å². The van der Waals surface area contributed by atoms with E-state index in [0.717, 1.165) is 29.9 Å². The first-order chi connectivity index (χ1) is 9.09. The lowest BCUT2D eigenvalue weighted by Gasteiger charge is -2.42. The Labute approximate surface area is 119 Å². The fraction of sp³-hybridized carbons (Fsp3) is 0.583. The van der Waals surface area contributed by atoms with Gasteiger partial charge in [0.05, 0.1) is 11.7 Å². The Morgan fingerprint density at radius 2 is 2.37 bits per heavy atom. The van der Waals surface area contributed by atoms with Crippen LogP contribution in [0.4, 0.5) is 5.82 Å². The van der Waals surface area contributed by atoms with Crippen LogP contribution >= 0.6 is 15.9 Å². The number of morpholine rings is 1. The van der Waals surface area contributed by atoms with Gasteiger partial charge in [-0.3, -0.25) is 4.40 Å². The Kier molecular flexibility index (Phi) is 3.18. The predicted octanol–water partition coefficient (Wildman–Crippen LogP) is 1.50. The average Bonchev–Trinajstić information content (AvgIpc) is 2.84. The summed E-state index contributed by atoms with van der Waals surface area (Å²) < 4.78 is 7.89. The molecule has 3 heterocycles. The topological polar surface area (TPSA) is 55.6 Å². The number of hydrogen-bond acceptors (Lipinski definition) is 5. The molecular weight excluding hydrogens is 310 g/mol. The third-order valence-corrected chi connectivity index (χ3v) is 3.87. The van der Waals surface area contributed by atoms with E-state index >= 15 is 0 Å². The van der Waals surface area contributed by atoms with Gasteiger partial charge in [0.1, 0.15) is 6.33 Å². The SMILES string of the molecule is CC1(C)CN(c2nccn3cnnc23)CC(CBr)O1. The Balaban J connectivity index is 1.98. The first-order valence-corrected chi connectivity index (χ1v) is 7.34. The number of hydrogen-bond donors (Lipinski definition) is 0. The molecule has 2 aromatic rings. The van der Waals surface area contributed by atoms with Crippen molar-refractivity contribution >= 4 is 27.4 Å². The van der Waals surface area contributed by atoms with E-state index in [9.17, 15) is 0 Å². The van der Waals surface area contributed by atoms with Gasteiger partial charge < -0.3 is 9.64 Å².